The number of benzene rings is 2. The van der Waals surface area contributed by atoms with Gasteiger partial charge < -0.3 is 5.32 Å². The minimum absolute atomic E-state index is 0.470. The van der Waals surface area contributed by atoms with Gasteiger partial charge in [-0.15, -0.1) is 0 Å². The summed E-state index contributed by atoms with van der Waals surface area (Å²) < 4.78 is 139. The minimum atomic E-state index is -6.56. The summed E-state index contributed by atoms with van der Waals surface area (Å²) in [5.74, 6) is -9.26. The van der Waals surface area contributed by atoms with E-state index in [1.54, 1.807) is 0 Å². The largest absolute Gasteiger partial charge is 0.460 e. The van der Waals surface area contributed by atoms with Gasteiger partial charge in [0.1, 0.15) is 10.6 Å². The maximum absolute atomic E-state index is 13.6. The molecule has 0 fully saturated rings. The van der Waals surface area contributed by atoms with Crippen LogP contribution in [0.3, 0.4) is 0 Å². The van der Waals surface area contributed by atoms with Crippen LogP contribution in [0.5, 0.6) is 0 Å². The first-order chi connectivity index (χ1) is 16.6. The highest BCUT2D eigenvalue weighted by atomic mass is 32.2. The predicted octanol–water partition coefficient (Wildman–Crippen LogP) is 4.29. The van der Waals surface area contributed by atoms with Crippen molar-refractivity contribution in [1.29, 1.82) is 0 Å². The Morgan fingerprint density at radius 2 is 1.59 bits per heavy atom. The Hall–Kier alpha value is -2.93. The van der Waals surface area contributed by atoms with Gasteiger partial charge in [0, 0.05) is 22.9 Å². The second-order valence-electron chi connectivity index (χ2n) is 7.18. The lowest BCUT2D eigenvalue weighted by Crippen LogP contribution is -2.49. The summed E-state index contributed by atoms with van der Waals surface area (Å²) in [5, 5.41) is 7.52. The average Bonchev–Trinajstić information content (AvgIpc) is 2.71. The van der Waals surface area contributed by atoms with Crippen molar-refractivity contribution < 1.29 is 57.3 Å². The van der Waals surface area contributed by atoms with Gasteiger partial charge in [-0.2, -0.15) is 30.7 Å². The Balaban J connectivity index is 2.27. The van der Waals surface area contributed by atoms with Crippen molar-refractivity contribution in [2.75, 3.05) is 17.3 Å². The van der Waals surface area contributed by atoms with E-state index < -0.39 is 91.4 Å². The molecule has 1 amide bonds. The van der Waals surface area contributed by atoms with E-state index in [2.05, 4.69) is 0 Å². The summed E-state index contributed by atoms with van der Waals surface area (Å²) in [5.41, 5.74) is -1.62. The Bertz CT molecular complexity index is 1440. The third-order valence-corrected chi connectivity index (χ3v) is 8.07. The summed E-state index contributed by atoms with van der Waals surface area (Å²) in [4.78, 5) is 19.8. The number of nitrogens with zero attached hydrogens (tertiary/aromatic N) is 1. The highest BCUT2D eigenvalue weighted by molar-refractivity contribution is 8.00. The number of nitro benzene ring substituents is 1. The quantitative estimate of drug-likeness (QED) is 0.195. The number of hydrogen-bond donors (Lipinski definition) is 1. The Labute approximate surface area is 208 Å². The second kappa shape index (κ2) is 10.1. The van der Waals surface area contributed by atoms with Crippen molar-refractivity contribution in [3.8, 4) is 0 Å². The molecule has 0 spiro atoms. The van der Waals surface area contributed by atoms with Gasteiger partial charge in [0.25, 0.3) is 5.69 Å². The van der Waals surface area contributed by atoms with Crippen molar-refractivity contribution in [2.24, 2.45) is 0 Å². The molecule has 2 aromatic carbocycles. The van der Waals surface area contributed by atoms with E-state index in [1.165, 1.54) is 0 Å². The highest BCUT2D eigenvalue weighted by Gasteiger charge is 2.73. The summed E-state index contributed by atoms with van der Waals surface area (Å²) in [6.45, 7) is 0. The SMILES string of the molecule is CS(=O)(=O)c1ccc(S(=O)(=O)CC(=O)Nc2cccc(SC(F)(F)C(F)(F)C(F)(F)F)c2)c([N+](=O)[O-])c1. The first-order valence-electron chi connectivity index (χ1n) is 9.21. The standard InChI is InChI=1S/C18H13F7N2O7S3/c1-36(31,32)12-5-6-14(13(8-12)27(29)30)37(33,34)9-15(28)26-10-3-2-4-11(7-10)35-18(24,25)16(19,20)17(21,22)23/h2-8H,9H2,1H3,(H,26,28). The molecule has 9 nitrogen and oxygen atoms in total. The summed E-state index contributed by atoms with van der Waals surface area (Å²) in [7, 11) is -8.75. The average molecular weight is 598 g/mol. The molecule has 0 unspecified atom stereocenters. The summed E-state index contributed by atoms with van der Waals surface area (Å²) in [6, 6.07) is 4.98. The van der Waals surface area contributed by atoms with E-state index in [9.17, 15) is 62.5 Å². The monoisotopic (exact) mass is 598 g/mol. The van der Waals surface area contributed by atoms with E-state index in [0.29, 0.717) is 24.5 Å². The highest BCUT2D eigenvalue weighted by Crippen LogP contribution is 2.53. The fourth-order valence-electron chi connectivity index (χ4n) is 2.60. The zero-order valence-electron chi connectivity index (χ0n) is 17.9. The van der Waals surface area contributed by atoms with Crippen molar-refractivity contribution in [1.82, 2.24) is 0 Å². The molecule has 204 valence electrons. The first-order valence-corrected chi connectivity index (χ1v) is 13.6. The zero-order valence-corrected chi connectivity index (χ0v) is 20.4. The molecule has 0 atom stereocenters. The summed E-state index contributed by atoms with van der Waals surface area (Å²) >= 11 is -1.16. The molecule has 2 aromatic rings. The van der Waals surface area contributed by atoms with Gasteiger partial charge in [-0.1, -0.05) is 6.07 Å². The van der Waals surface area contributed by atoms with Crippen LogP contribution in [-0.2, 0) is 24.5 Å². The predicted molar refractivity (Wildman–Crippen MR) is 115 cm³/mol. The zero-order chi connectivity index (χ0) is 28.6. The first kappa shape index (κ1) is 30.3. The Kier molecular flexibility index (Phi) is 8.26. The molecule has 0 radical (unpaired) electrons. The molecule has 0 bridgehead atoms. The molecule has 2 rings (SSSR count). The number of carbonyl (C=O) groups excluding carboxylic acids is 1. The van der Waals surface area contributed by atoms with E-state index >= 15 is 0 Å². The van der Waals surface area contributed by atoms with Gasteiger partial charge in [0.05, 0.1) is 9.82 Å². The van der Waals surface area contributed by atoms with Gasteiger partial charge >= 0.3 is 17.4 Å². The fourth-order valence-corrected chi connectivity index (χ4v) is 5.41. The van der Waals surface area contributed by atoms with Gasteiger partial charge in [-0.25, -0.2) is 16.8 Å². The lowest BCUT2D eigenvalue weighted by Gasteiger charge is -2.27. The molecule has 0 aliphatic rings. The molecule has 1 N–H and O–H groups in total. The van der Waals surface area contributed by atoms with Crippen LogP contribution >= 0.6 is 11.8 Å². The molecule has 0 aliphatic carbocycles. The topological polar surface area (TPSA) is 141 Å². The van der Waals surface area contributed by atoms with E-state index in [-0.39, 0.29) is 0 Å². The Morgan fingerprint density at radius 3 is 2.11 bits per heavy atom. The second-order valence-corrected chi connectivity index (χ2v) is 12.3. The third-order valence-electron chi connectivity index (χ3n) is 4.30. The molecule has 19 heteroatoms. The van der Waals surface area contributed by atoms with Crippen molar-refractivity contribution in [3.05, 3.63) is 52.6 Å². The number of rotatable bonds is 9. The van der Waals surface area contributed by atoms with Gasteiger partial charge in [0.15, 0.2) is 19.7 Å². The van der Waals surface area contributed by atoms with Gasteiger partial charge in [0.2, 0.25) is 5.91 Å². The number of alkyl halides is 7. The van der Waals surface area contributed by atoms with Crippen LogP contribution in [-0.4, -0.2) is 57.0 Å². The third kappa shape index (κ3) is 6.89. The van der Waals surface area contributed by atoms with Crippen LogP contribution in [0.15, 0.2) is 57.2 Å². The smallest absolute Gasteiger partial charge is 0.325 e. The van der Waals surface area contributed by atoms with Crippen LogP contribution < -0.4 is 5.32 Å². The molecule has 0 aliphatic heterocycles. The lowest BCUT2D eigenvalue weighted by molar-refractivity contribution is -0.388. The fraction of sp³-hybridized carbons (Fsp3) is 0.278. The number of carbonyl (C=O) groups is 1. The molecular formula is C18H13F7N2O7S3. The maximum Gasteiger partial charge on any atom is 0.460 e. The number of amides is 1. The molecule has 0 heterocycles. The molecule has 0 saturated heterocycles. The number of halogens is 7. The van der Waals surface area contributed by atoms with Crippen LogP contribution in [0, 0.1) is 10.1 Å². The van der Waals surface area contributed by atoms with E-state index in [0.717, 1.165) is 24.3 Å². The number of sulfone groups is 2. The lowest BCUT2D eigenvalue weighted by atomic mass is 10.3. The van der Waals surface area contributed by atoms with Crippen LogP contribution in [0.2, 0.25) is 0 Å². The van der Waals surface area contributed by atoms with Crippen molar-refractivity contribution in [3.63, 3.8) is 0 Å². The molecule has 0 aromatic heterocycles. The van der Waals surface area contributed by atoms with E-state index in [1.807, 2.05) is 5.32 Å². The number of nitro groups is 1. The Morgan fingerprint density at radius 1 is 1.00 bits per heavy atom. The number of thioether (sulfide) groups is 1. The van der Waals surface area contributed by atoms with Crippen LogP contribution in [0.4, 0.5) is 42.1 Å². The minimum Gasteiger partial charge on any atom is -0.325 e. The number of hydrogen-bond acceptors (Lipinski definition) is 8. The molecular weight excluding hydrogens is 585 g/mol. The number of nitrogens with one attached hydrogen (secondary N) is 1. The van der Waals surface area contributed by atoms with Crippen molar-refractivity contribution in [2.45, 2.75) is 32.0 Å². The van der Waals surface area contributed by atoms with Gasteiger partial charge in [-0.05, 0) is 42.1 Å². The van der Waals surface area contributed by atoms with E-state index in [4.69, 9.17) is 0 Å². The van der Waals surface area contributed by atoms with Crippen LogP contribution in [0.25, 0.3) is 0 Å². The number of anilines is 1. The van der Waals surface area contributed by atoms with Gasteiger partial charge in [-0.3, -0.25) is 14.9 Å². The molecule has 0 saturated carbocycles. The normalized spacial score (nSPS) is 13.3. The van der Waals surface area contributed by atoms with Crippen molar-refractivity contribution >= 4 is 48.7 Å². The summed E-state index contributed by atoms with van der Waals surface area (Å²) in [6.07, 6.45) is -5.86. The maximum atomic E-state index is 13.6. The molecule has 37 heavy (non-hydrogen) atoms. The van der Waals surface area contributed by atoms with Crippen LogP contribution in [0.1, 0.15) is 0 Å².